The number of rotatable bonds is 6. The highest BCUT2D eigenvalue weighted by Gasteiger charge is 2.22. The Labute approximate surface area is 110 Å². The molecule has 1 amide bonds. The quantitative estimate of drug-likeness (QED) is 0.533. The molecule has 0 bridgehead atoms. The second-order valence-electron chi connectivity index (χ2n) is 4.32. The molecule has 0 aromatic carbocycles. The van der Waals surface area contributed by atoms with Crippen LogP contribution >= 0.6 is 11.6 Å². The zero-order valence-corrected chi connectivity index (χ0v) is 10.7. The van der Waals surface area contributed by atoms with Crippen LogP contribution in [0.5, 0.6) is 0 Å². The summed E-state index contributed by atoms with van der Waals surface area (Å²) in [5, 5.41) is 6.12. The first-order valence-corrected chi connectivity index (χ1v) is 6.34. The number of nitrogens with one attached hydrogen (secondary N) is 2. The maximum Gasteiger partial charge on any atom is 0.224 e. The Kier molecular flexibility index (Phi) is 4.19. The standard InChI is InChI=1S/C11H16ClN5O/c12-11-15-6-8(13)10(17-11)14-5-1-2-9(18)16-7-3-4-7/h6-7H,1-5,13H2,(H,16,18)(H,14,15,17). The van der Waals surface area contributed by atoms with E-state index in [0.29, 0.717) is 30.5 Å². The first kappa shape index (κ1) is 12.9. The van der Waals surface area contributed by atoms with E-state index in [2.05, 4.69) is 20.6 Å². The molecule has 0 atom stereocenters. The summed E-state index contributed by atoms with van der Waals surface area (Å²) >= 11 is 5.66. The van der Waals surface area contributed by atoms with Crippen molar-refractivity contribution in [3.63, 3.8) is 0 Å². The van der Waals surface area contributed by atoms with Gasteiger partial charge < -0.3 is 16.4 Å². The van der Waals surface area contributed by atoms with Crippen LogP contribution in [0.3, 0.4) is 0 Å². The highest BCUT2D eigenvalue weighted by Crippen LogP contribution is 2.19. The van der Waals surface area contributed by atoms with Gasteiger partial charge in [0.05, 0.1) is 11.9 Å². The lowest BCUT2D eigenvalue weighted by atomic mass is 10.3. The third-order valence-electron chi connectivity index (χ3n) is 2.60. The van der Waals surface area contributed by atoms with Crippen LogP contribution in [-0.2, 0) is 4.79 Å². The number of hydrogen-bond donors (Lipinski definition) is 3. The van der Waals surface area contributed by atoms with Crippen LogP contribution in [0.4, 0.5) is 11.5 Å². The van der Waals surface area contributed by atoms with Crippen molar-refractivity contribution in [3.8, 4) is 0 Å². The number of nitrogen functional groups attached to an aromatic ring is 1. The number of amides is 1. The average Bonchev–Trinajstić information content (AvgIpc) is 3.13. The van der Waals surface area contributed by atoms with Gasteiger partial charge in [0.25, 0.3) is 0 Å². The van der Waals surface area contributed by atoms with Crippen molar-refractivity contribution < 1.29 is 4.79 Å². The van der Waals surface area contributed by atoms with E-state index >= 15 is 0 Å². The van der Waals surface area contributed by atoms with E-state index in [4.69, 9.17) is 17.3 Å². The second kappa shape index (κ2) is 5.86. The third-order valence-corrected chi connectivity index (χ3v) is 2.79. The monoisotopic (exact) mass is 269 g/mol. The summed E-state index contributed by atoms with van der Waals surface area (Å²) in [5.74, 6) is 0.616. The molecular weight excluding hydrogens is 254 g/mol. The molecule has 1 saturated carbocycles. The smallest absolute Gasteiger partial charge is 0.224 e. The van der Waals surface area contributed by atoms with E-state index < -0.39 is 0 Å². The summed E-state index contributed by atoms with van der Waals surface area (Å²) < 4.78 is 0. The van der Waals surface area contributed by atoms with Crippen molar-refractivity contribution in [2.45, 2.75) is 31.7 Å². The van der Waals surface area contributed by atoms with Crippen molar-refractivity contribution in [3.05, 3.63) is 11.5 Å². The van der Waals surface area contributed by atoms with Crippen LogP contribution in [0.2, 0.25) is 5.28 Å². The Morgan fingerprint density at radius 2 is 2.33 bits per heavy atom. The number of carbonyl (C=O) groups excluding carboxylic acids is 1. The molecule has 1 aliphatic carbocycles. The normalized spacial score (nSPS) is 14.3. The SMILES string of the molecule is Nc1cnc(Cl)nc1NCCCC(=O)NC1CC1. The van der Waals surface area contributed by atoms with Crippen LogP contribution in [0.15, 0.2) is 6.20 Å². The number of nitrogens with two attached hydrogens (primary N) is 1. The molecule has 0 saturated heterocycles. The highest BCUT2D eigenvalue weighted by atomic mass is 35.5. The summed E-state index contributed by atoms with van der Waals surface area (Å²) in [5.41, 5.74) is 6.13. The van der Waals surface area contributed by atoms with Gasteiger partial charge in [-0.2, -0.15) is 4.98 Å². The van der Waals surface area contributed by atoms with Crippen molar-refractivity contribution in [2.75, 3.05) is 17.6 Å². The molecule has 1 aliphatic rings. The predicted molar refractivity (Wildman–Crippen MR) is 70.3 cm³/mol. The molecule has 0 unspecified atom stereocenters. The van der Waals surface area contributed by atoms with Gasteiger partial charge in [-0.15, -0.1) is 0 Å². The van der Waals surface area contributed by atoms with Gasteiger partial charge in [-0.3, -0.25) is 4.79 Å². The largest absolute Gasteiger partial charge is 0.394 e. The minimum Gasteiger partial charge on any atom is -0.394 e. The molecule has 1 aromatic heterocycles. The van der Waals surface area contributed by atoms with Gasteiger partial charge in [0, 0.05) is 19.0 Å². The number of aromatic nitrogens is 2. The maximum atomic E-state index is 11.4. The summed E-state index contributed by atoms with van der Waals surface area (Å²) in [6, 6.07) is 0.418. The highest BCUT2D eigenvalue weighted by molar-refractivity contribution is 6.28. The van der Waals surface area contributed by atoms with Crippen molar-refractivity contribution in [1.82, 2.24) is 15.3 Å². The molecule has 98 valence electrons. The van der Waals surface area contributed by atoms with Crippen molar-refractivity contribution in [2.24, 2.45) is 0 Å². The Morgan fingerprint density at radius 3 is 3.06 bits per heavy atom. The van der Waals surface area contributed by atoms with Crippen LogP contribution in [0, 0.1) is 0 Å². The number of anilines is 2. The van der Waals surface area contributed by atoms with Crippen molar-refractivity contribution in [1.29, 1.82) is 0 Å². The molecule has 0 radical (unpaired) electrons. The second-order valence-corrected chi connectivity index (χ2v) is 4.65. The van der Waals surface area contributed by atoms with Gasteiger partial charge in [-0.05, 0) is 30.9 Å². The minimum atomic E-state index is 0.105. The third kappa shape index (κ3) is 4.03. The fraction of sp³-hybridized carbons (Fsp3) is 0.545. The van der Waals surface area contributed by atoms with Gasteiger partial charge in [0.1, 0.15) is 0 Å². The summed E-state index contributed by atoms with van der Waals surface area (Å²) in [6.07, 6.45) is 4.90. The van der Waals surface area contributed by atoms with Crippen LogP contribution in [0.1, 0.15) is 25.7 Å². The molecule has 0 spiro atoms. The van der Waals surface area contributed by atoms with Crippen LogP contribution in [0.25, 0.3) is 0 Å². The Hall–Kier alpha value is -1.56. The van der Waals surface area contributed by atoms with Gasteiger partial charge in [0.15, 0.2) is 5.82 Å². The lowest BCUT2D eigenvalue weighted by Gasteiger charge is -2.08. The number of nitrogens with zero attached hydrogens (tertiary/aromatic N) is 2. The van der Waals surface area contributed by atoms with E-state index in [1.54, 1.807) is 0 Å². The first-order chi connectivity index (χ1) is 8.65. The molecule has 1 fully saturated rings. The fourth-order valence-corrected chi connectivity index (χ4v) is 1.63. The molecule has 7 heteroatoms. The van der Waals surface area contributed by atoms with E-state index in [0.717, 1.165) is 19.3 Å². The van der Waals surface area contributed by atoms with Gasteiger partial charge in [-0.25, -0.2) is 4.98 Å². The summed E-state index contributed by atoms with van der Waals surface area (Å²) in [4.78, 5) is 19.1. The van der Waals surface area contributed by atoms with E-state index in [1.807, 2.05) is 0 Å². The molecule has 18 heavy (non-hydrogen) atoms. The minimum absolute atomic E-state index is 0.105. The summed E-state index contributed by atoms with van der Waals surface area (Å²) in [6.45, 7) is 0.621. The van der Waals surface area contributed by atoms with Crippen LogP contribution in [-0.4, -0.2) is 28.5 Å². The Morgan fingerprint density at radius 1 is 1.56 bits per heavy atom. The summed E-state index contributed by atoms with van der Waals surface area (Å²) in [7, 11) is 0. The van der Waals surface area contributed by atoms with E-state index in [1.165, 1.54) is 6.20 Å². The Bertz CT molecular complexity index is 435. The molecular formula is C11H16ClN5O. The first-order valence-electron chi connectivity index (χ1n) is 5.96. The number of carbonyl (C=O) groups is 1. The number of hydrogen-bond acceptors (Lipinski definition) is 5. The van der Waals surface area contributed by atoms with Gasteiger partial charge in [0.2, 0.25) is 11.2 Å². The topological polar surface area (TPSA) is 92.9 Å². The zero-order valence-electron chi connectivity index (χ0n) is 9.95. The van der Waals surface area contributed by atoms with Crippen molar-refractivity contribution >= 4 is 29.0 Å². The average molecular weight is 270 g/mol. The lowest BCUT2D eigenvalue weighted by Crippen LogP contribution is -2.25. The molecule has 1 heterocycles. The van der Waals surface area contributed by atoms with Gasteiger partial charge in [-0.1, -0.05) is 0 Å². The molecule has 1 aromatic rings. The molecule has 4 N–H and O–H groups in total. The lowest BCUT2D eigenvalue weighted by molar-refractivity contribution is -0.121. The Balaban J connectivity index is 1.67. The molecule has 2 rings (SSSR count). The maximum absolute atomic E-state index is 11.4. The zero-order chi connectivity index (χ0) is 13.0. The van der Waals surface area contributed by atoms with E-state index in [-0.39, 0.29) is 11.2 Å². The number of halogens is 1. The fourth-order valence-electron chi connectivity index (χ4n) is 1.49. The van der Waals surface area contributed by atoms with E-state index in [9.17, 15) is 4.79 Å². The van der Waals surface area contributed by atoms with Crippen LogP contribution < -0.4 is 16.4 Å². The molecule has 6 nitrogen and oxygen atoms in total. The molecule has 0 aliphatic heterocycles. The van der Waals surface area contributed by atoms with Gasteiger partial charge >= 0.3 is 0 Å². The predicted octanol–water partition coefficient (Wildman–Crippen LogP) is 1.18.